The normalized spacial score (nSPS) is 28.1. The molecule has 1 amide bonds. The van der Waals surface area contributed by atoms with Crippen molar-refractivity contribution in [3.8, 4) is 0 Å². The number of nitrogens with one attached hydrogen (secondary N) is 1. The zero-order valence-electron chi connectivity index (χ0n) is 11.4. The molecule has 3 heteroatoms. The predicted molar refractivity (Wildman–Crippen MR) is 73.6 cm³/mol. The Morgan fingerprint density at radius 1 is 1.32 bits per heavy atom. The SMILES string of the molecule is CC1(C(=O)N[C@H]2c3ccccc3C[C@H]2O)CCCC1. The summed E-state index contributed by atoms with van der Waals surface area (Å²) < 4.78 is 0. The van der Waals surface area contributed by atoms with Crippen molar-refractivity contribution in [1.29, 1.82) is 0 Å². The van der Waals surface area contributed by atoms with Crippen molar-refractivity contribution >= 4 is 5.91 Å². The molecule has 2 atom stereocenters. The third-order valence-electron chi connectivity index (χ3n) is 4.75. The topological polar surface area (TPSA) is 49.3 Å². The van der Waals surface area contributed by atoms with Crippen LogP contribution >= 0.6 is 0 Å². The zero-order valence-corrected chi connectivity index (χ0v) is 11.4. The summed E-state index contributed by atoms with van der Waals surface area (Å²) in [6.07, 6.45) is 4.33. The molecule has 1 aromatic carbocycles. The highest BCUT2D eigenvalue weighted by atomic mass is 16.3. The number of fused-ring (bicyclic) bond motifs is 1. The molecule has 0 radical (unpaired) electrons. The summed E-state index contributed by atoms with van der Waals surface area (Å²) in [4.78, 5) is 12.5. The predicted octanol–water partition coefficient (Wildman–Crippen LogP) is 2.34. The Labute approximate surface area is 114 Å². The molecule has 2 N–H and O–H groups in total. The molecule has 2 aliphatic rings. The molecule has 1 aromatic rings. The molecule has 19 heavy (non-hydrogen) atoms. The van der Waals surface area contributed by atoms with Crippen LogP contribution in [-0.4, -0.2) is 17.1 Å². The lowest BCUT2D eigenvalue weighted by Gasteiger charge is -2.26. The van der Waals surface area contributed by atoms with Crippen LogP contribution in [0.3, 0.4) is 0 Å². The molecular weight excluding hydrogens is 238 g/mol. The molecule has 2 aliphatic carbocycles. The summed E-state index contributed by atoms with van der Waals surface area (Å²) in [5, 5.41) is 13.2. The van der Waals surface area contributed by atoms with E-state index in [2.05, 4.69) is 5.32 Å². The van der Waals surface area contributed by atoms with Gasteiger partial charge in [-0.1, -0.05) is 44.0 Å². The molecule has 3 rings (SSSR count). The van der Waals surface area contributed by atoms with Crippen LogP contribution in [-0.2, 0) is 11.2 Å². The summed E-state index contributed by atoms with van der Waals surface area (Å²) in [6.45, 7) is 2.04. The van der Waals surface area contributed by atoms with Crippen LogP contribution in [0, 0.1) is 5.41 Å². The number of hydrogen-bond donors (Lipinski definition) is 2. The fourth-order valence-electron chi connectivity index (χ4n) is 3.45. The molecule has 0 heterocycles. The van der Waals surface area contributed by atoms with Crippen molar-refractivity contribution in [3.05, 3.63) is 35.4 Å². The van der Waals surface area contributed by atoms with Gasteiger partial charge in [-0.15, -0.1) is 0 Å². The number of hydrogen-bond acceptors (Lipinski definition) is 2. The van der Waals surface area contributed by atoms with Gasteiger partial charge in [0.2, 0.25) is 5.91 Å². The van der Waals surface area contributed by atoms with Crippen LogP contribution in [0.25, 0.3) is 0 Å². The van der Waals surface area contributed by atoms with E-state index in [1.807, 2.05) is 31.2 Å². The Bertz CT molecular complexity index is 491. The average molecular weight is 259 g/mol. The molecule has 1 saturated carbocycles. The molecular formula is C16H21NO2. The van der Waals surface area contributed by atoms with Gasteiger partial charge in [0.15, 0.2) is 0 Å². The summed E-state index contributed by atoms with van der Waals surface area (Å²) in [7, 11) is 0. The maximum atomic E-state index is 12.5. The molecule has 0 unspecified atom stereocenters. The number of aliphatic hydroxyl groups excluding tert-OH is 1. The van der Waals surface area contributed by atoms with E-state index in [0.717, 1.165) is 36.8 Å². The highest BCUT2D eigenvalue weighted by Gasteiger charge is 2.40. The minimum atomic E-state index is -0.494. The van der Waals surface area contributed by atoms with Gasteiger partial charge in [-0.25, -0.2) is 0 Å². The van der Waals surface area contributed by atoms with Gasteiger partial charge in [0, 0.05) is 11.8 Å². The summed E-state index contributed by atoms with van der Waals surface area (Å²) in [5.74, 6) is 0.103. The second-order valence-corrected chi connectivity index (χ2v) is 6.19. The molecule has 0 aromatic heterocycles. The first-order valence-electron chi connectivity index (χ1n) is 7.17. The minimum Gasteiger partial charge on any atom is -0.390 e. The second-order valence-electron chi connectivity index (χ2n) is 6.19. The van der Waals surface area contributed by atoms with Gasteiger partial charge in [-0.3, -0.25) is 4.79 Å². The number of carbonyl (C=O) groups is 1. The van der Waals surface area contributed by atoms with Crippen molar-refractivity contribution in [2.45, 2.75) is 51.2 Å². The first-order valence-corrected chi connectivity index (χ1v) is 7.17. The number of carbonyl (C=O) groups excluding carboxylic acids is 1. The van der Waals surface area contributed by atoms with Gasteiger partial charge in [0.25, 0.3) is 0 Å². The van der Waals surface area contributed by atoms with E-state index in [0.29, 0.717) is 6.42 Å². The molecule has 0 spiro atoms. The first-order chi connectivity index (χ1) is 9.10. The number of aliphatic hydroxyl groups is 1. The lowest BCUT2D eigenvalue weighted by Crippen LogP contribution is -2.41. The van der Waals surface area contributed by atoms with Crippen molar-refractivity contribution in [1.82, 2.24) is 5.32 Å². The van der Waals surface area contributed by atoms with Crippen LogP contribution in [0.1, 0.15) is 49.8 Å². The zero-order chi connectivity index (χ0) is 13.5. The standard InChI is InChI=1S/C16H21NO2/c1-16(8-4-5-9-16)15(19)17-14-12-7-3-2-6-11(12)10-13(14)18/h2-3,6-7,13-14,18H,4-5,8-10H2,1H3,(H,17,19)/t13-,14+/m1/s1. The Hall–Kier alpha value is -1.35. The summed E-state index contributed by atoms with van der Waals surface area (Å²) in [6, 6.07) is 7.75. The van der Waals surface area contributed by atoms with E-state index < -0.39 is 6.10 Å². The molecule has 3 nitrogen and oxygen atoms in total. The third kappa shape index (κ3) is 2.16. The highest BCUT2D eigenvalue weighted by molar-refractivity contribution is 5.83. The van der Waals surface area contributed by atoms with Gasteiger partial charge >= 0.3 is 0 Å². The maximum absolute atomic E-state index is 12.5. The second kappa shape index (κ2) is 4.64. The molecule has 0 aliphatic heterocycles. The highest BCUT2D eigenvalue weighted by Crippen LogP contribution is 2.39. The largest absolute Gasteiger partial charge is 0.390 e. The van der Waals surface area contributed by atoms with Crippen LogP contribution in [0.2, 0.25) is 0 Å². The number of rotatable bonds is 2. The smallest absolute Gasteiger partial charge is 0.226 e. The third-order valence-corrected chi connectivity index (χ3v) is 4.75. The average Bonchev–Trinajstić information content (AvgIpc) is 2.96. The van der Waals surface area contributed by atoms with Crippen molar-refractivity contribution in [2.24, 2.45) is 5.41 Å². The molecule has 0 bridgehead atoms. The van der Waals surface area contributed by atoms with E-state index in [9.17, 15) is 9.90 Å². The Morgan fingerprint density at radius 3 is 2.74 bits per heavy atom. The lowest BCUT2D eigenvalue weighted by atomic mass is 9.87. The van der Waals surface area contributed by atoms with Crippen molar-refractivity contribution < 1.29 is 9.90 Å². The van der Waals surface area contributed by atoms with Gasteiger partial charge in [0.05, 0.1) is 12.1 Å². The Kier molecular flexibility index (Phi) is 3.09. The van der Waals surface area contributed by atoms with Gasteiger partial charge < -0.3 is 10.4 Å². The van der Waals surface area contributed by atoms with Crippen LogP contribution < -0.4 is 5.32 Å². The molecule has 0 saturated heterocycles. The quantitative estimate of drug-likeness (QED) is 0.856. The molecule has 102 valence electrons. The first kappa shape index (κ1) is 12.7. The number of benzene rings is 1. The van der Waals surface area contributed by atoms with Crippen molar-refractivity contribution in [2.75, 3.05) is 0 Å². The fourth-order valence-corrected chi connectivity index (χ4v) is 3.45. The molecule has 1 fully saturated rings. The van der Waals surface area contributed by atoms with E-state index in [1.54, 1.807) is 0 Å². The van der Waals surface area contributed by atoms with E-state index >= 15 is 0 Å². The fraction of sp³-hybridized carbons (Fsp3) is 0.562. The van der Waals surface area contributed by atoms with Gasteiger partial charge in [-0.05, 0) is 24.0 Å². The van der Waals surface area contributed by atoms with Crippen LogP contribution in [0.5, 0.6) is 0 Å². The van der Waals surface area contributed by atoms with Crippen molar-refractivity contribution in [3.63, 3.8) is 0 Å². The summed E-state index contributed by atoms with van der Waals surface area (Å²) in [5.41, 5.74) is 1.99. The number of amides is 1. The van der Waals surface area contributed by atoms with Gasteiger partial charge in [-0.2, -0.15) is 0 Å². The monoisotopic (exact) mass is 259 g/mol. The Balaban J connectivity index is 1.78. The van der Waals surface area contributed by atoms with E-state index in [4.69, 9.17) is 0 Å². The maximum Gasteiger partial charge on any atom is 0.226 e. The van der Waals surface area contributed by atoms with E-state index in [1.165, 1.54) is 0 Å². The van der Waals surface area contributed by atoms with E-state index in [-0.39, 0.29) is 17.4 Å². The van der Waals surface area contributed by atoms with Crippen LogP contribution in [0.15, 0.2) is 24.3 Å². The van der Waals surface area contributed by atoms with Crippen LogP contribution in [0.4, 0.5) is 0 Å². The van der Waals surface area contributed by atoms with Gasteiger partial charge in [0.1, 0.15) is 0 Å². The Morgan fingerprint density at radius 2 is 2.00 bits per heavy atom. The lowest BCUT2D eigenvalue weighted by molar-refractivity contribution is -0.131. The minimum absolute atomic E-state index is 0.103. The summed E-state index contributed by atoms with van der Waals surface area (Å²) >= 11 is 0.